The highest BCUT2D eigenvalue weighted by Crippen LogP contribution is 2.29. The van der Waals surface area contributed by atoms with E-state index < -0.39 is 5.97 Å². The number of benzene rings is 2. The zero-order chi connectivity index (χ0) is 47.8. The van der Waals surface area contributed by atoms with Gasteiger partial charge in [-0.25, -0.2) is 14.6 Å². The monoisotopic (exact) mass is 833 g/mol. The van der Waals surface area contributed by atoms with Crippen molar-refractivity contribution in [2.45, 2.75) is 83.8 Å². The van der Waals surface area contributed by atoms with E-state index in [4.69, 9.17) is 10.1 Å². The van der Waals surface area contributed by atoms with Crippen molar-refractivity contribution >= 4 is 23.2 Å². The summed E-state index contributed by atoms with van der Waals surface area (Å²) in [5.74, 6) is 0.334. The first-order chi connectivity index (χ1) is 30.0. The number of carboxylic acids is 1. The molecule has 1 N–H and O–H groups in total. The van der Waals surface area contributed by atoms with Gasteiger partial charge in [0.25, 0.3) is 5.56 Å². The molecule has 8 heteroatoms. The second-order valence-electron chi connectivity index (χ2n) is 12.3. The molecule has 6 rings (SSSR count). The van der Waals surface area contributed by atoms with Gasteiger partial charge in [-0.05, 0) is 54.7 Å². The highest BCUT2D eigenvalue weighted by molar-refractivity contribution is 5.85. The molecule has 2 aliphatic rings. The van der Waals surface area contributed by atoms with Gasteiger partial charge < -0.3 is 9.67 Å². The summed E-state index contributed by atoms with van der Waals surface area (Å²) in [5.41, 5.74) is 3.02. The van der Waals surface area contributed by atoms with Crippen molar-refractivity contribution in [3.05, 3.63) is 211 Å². The van der Waals surface area contributed by atoms with Crippen molar-refractivity contribution in [3.8, 4) is 11.4 Å². The lowest BCUT2D eigenvalue weighted by molar-refractivity contribution is -0.131. The smallest absolute Gasteiger partial charge is 0.332 e. The Kier molecular flexibility index (Phi) is 40.3. The Morgan fingerprint density at radius 1 is 0.590 bits per heavy atom. The Morgan fingerprint density at radius 3 is 1.44 bits per heavy atom. The summed E-state index contributed by atoms with van der Waals surface area (Å²) in [5, 5.41) is 9.02. The number of nitrogens with zero attached hydrogens (tertiary/aromatic N) is 4. The van der Waals surface area contributed by atoms with Crippen LogP contribution in [0.2, 0.25) is 0 Å². The molecule has 2 aliphatic carbocycles. The summed E-state index contributed by atoms with van der Waals surface area (Å²) < 4.78 is 5.28. The Balaban J connectivity index is -0.000000803. The molecule has 0 unspecified atom stereocenters. The molecule has 0 radical (unpaired) electrons. The molecule has 2 fully saturated rings. The van der Waals surface area contributed by atoms with Gasteiger partial charge in [0.2, 0.25) is 0 Å². The topological polar surface area (TPSA) is 99.1 Å². The maximum atomic E-state index is 14.4. The van der Waals surface area contributed by atoms with E-state index in [0.29, 0.717) is 48.5 Å². The number of carboxylic acid groups (broad SMARTS) is 1. The van der Waals surface area contributed by atoms with Crippen LogP contribution < -0.4 is 11.2 Å². The van der Waals surface area contributed by atoms with Crippen molar-refractivity contribution in [2.75, 3.05) is 0 Å². The van der Waals surface area contributed by atoms with Gasteiger partial charge in [-0.3, -0.25) is 13.9 Å². The second kappa shape index (κ2) is 40.2. The normalized spacial score (nSPS) is 12.4. The Morgan fingerprint density at radius 2 is 1.02 bits per heavy atom. The van der Waals surface area contributed by atoms with E-state index in [1.54, 1.807) is 10.6 Å². The molecule has 2 heterocycles. The fourth-order valence-corrected chi connectivity index (χ4v) is 6.92. The summed E-state index contributed by atoms with van der Waals surface area (Å²) in [4.78, 5) is 44.6. The maximum absolute atomic E-state index is 14.4. The van der Waals surface area contributed by atoms with Crippen LogP contribution in [0.5, 0.6) is 0 Å². The number of hydrogen-bond donors (Lipinski definition) is 1. The van der Waals surface area contributed by atoms with Gasteiger partial charge in [0.05, 0.1) is 0 Å². The largest absolute Gasteiger partial charge is 0.478 e. The van der Waals surface area contributed by atoms with Crippen molar-refractivity contribution in [1.29, 1.82) is 0 Å². The predicted octanol–water partition coefficient (Wildman–Crippen LogP) is 13.6. The lowest BCUT2D eigenvalue weighted by Gasteiger charge is -2.25. The summed E-state index contributed by atoms with van der Waals surface area (Å²) in [6.07, 6.45) is 14.0. The molecule has 0 aliphatic heterocycles. The van der Waals surface area contributed by atoms with Gasteiger partial charge in [0, 0.05) is 31.3 Å². The van der Waals surface area contributed by atoms with E-state index in [0.717, 1.165) is 61.3 Å². The third-order valence-electron chi connectivity index (χ3n) is 9.22. The van der Waals surface area contributed by atoms with Crippen LogP contribution in [-0.2, 0) is 24.4 Å². The van der Waals surface area contributed by atoms with Crippen LogP contribution in [0.3, 0.4) is 0 Å². The summed E-state index contributed by atoms with van der Waals surface area (Å²) in [7, 11) is 0. The third-order valence-corrected chi connectivity index (χ3v) is 9.22. The van der Waals surface area contributed by atoms with Crippen LogP contribution in [-0.4, -0.2) is 29.8 Å². The fourth-order valence-electron chi connectivity index (χ4n) is 6.92. The van der Waals surface area contributed by atoms with Crippen LogP contribution in [0.25, 0.3) is 28.6 Å². The van der Waals surface area contributed by atoms with E-state index >= 15 is 0 Å². The van der Waals surface area contributed by atoms with E-state index in [2.05, 4.69) is 118 Å². The average molecular weight is 833 g/mol. The van der Waals surface area contributed by atoms with Crippen molar-refractivity contribution in [2.24, 2.45) is 11.8 Å². The van der Waals surface area contributed by atoms with Gasteiger partial charge in [-0.2, -0.15) is 0 Å². The lowest BCUT2D eigenvalue weighted by Crippen LogP contribution is -2.43. The Hall–Kier alpha value is -6.54. The first-order valence-electron chi connectivity index (χ1n) is 20.3. The van der Waals surface area contributed by atoms with Crippen LogP contribution in [0.15, 0.2) is 189 Å². The van der Waals surface area contributed by atoms with Gasteiger partial charge >= 0.3 is 11.7 Å². The Labute approximate surface area is 368 Å². The van der Waals surface area contributed by atoms with Gasteiger partial charge in [-0.15, -0.1) is 118 Å². The Bertz CT molecular complexity index is 1850. The highest BCUT2D eigenvalue weighted by Gasteiger charge is 2.26. The highest BCUT2D eigenvalue weighted by atomic mass is 16.4. The first-order valence-corrected chi connectivity index (χ1v) is 20.3. The minimum Gasteiger partial charge on any atom is -0.478 e. The van der Waals surface area contributed by atoms with E-state index in [-0.39, 0.29) is 11.2 Å². The molecule has 2 saturated carbocycles. The minimum absolute atomic E-state index is 0.237. The average Bonchev–Trinajstić information content (AvgIpc) is 3.74. The molecule has 0 bridgehead atoms. The maximum Gasteiger partial charge on any atom is 0.332 e. The number of fused-ring (bicyclic) bond motifs is 1. The SMILES string of the molecule is C=C.C=C.C=C.C=C.C=C.C=C.C=C.C=C.C=C.O=C(O)C=Cc1ccc(-c2nc3c(c(=O)n(CC4CCCCC4)c(=O)n3CC3CCCCC3)n2Cc2ccccc2)cc1. The predicted molar refractivity (Wildman–Crippen MR) is 270 cm³/mol. The molecule has 0 saturated heterocycles. The number of carbonyl (C=O) groups is 1. The van der Waals surface area contributed by atoms with E-state index in [1.165, 1.54) is 30.3 Å². The molecule has 61 heavy (non-hydrogen) atoms. The van der Waals surface area contributed by atoms with Crippen LogP contribution in [0.1, 0.15) is 75.3 Å². The number of aromatic nitrogens is 4. The lowest BCUT2D eigenvalue weighted by atomic mass is 9.89. The first kappa shape index (κ1) is 61.1. The molecule has 332 valence electrons. The van der Waals surface area contributed by atoms with Crippen LogP contribution >= 0.6 is 0 Å². The number of rotatable bonds is 9. The van der Waals surface area contributed by atoms with Crippen molar-refractivity contribution in [1.82, 2.24) is 18.7 Å². The molecular formula is C53H76N4O4. The molecule has 4 aromatic rings. The van der Waals surface area contributed by atoms with Gasteiger partial charge in [0.15, 0.2) is 11.2 Å². The van der Waals surface area contributed by atoms with Gasteiger partial charge in [-0.1, -0.05) is 93.1 Å². The van der Waals surface area contributed by atoms with Gasteiger partial charge in [0.1, 0.15) is 5.82 Å². The summed E-state index contributed by atoms with van der Waals surface area (Å²) >= 11 is 0. The quantitative estimate of drug-likeness (QED) is 0.134. The third kappa shape index (κ3) is 19.8. The van der Waals surface area contributed by atoms with Crippen molar-refractivity contribution in [3.63, 3.8) is 0 Å². The number of hydrogen-bond acceptors (Lipinski definition) is 4. The van der Waals surface area contributed by atoms with Crippen LogP contribution in [0.4, 0.5) is 0 Å². The standard InChI is InChI=1S/C35H40N4O4.9C2H4/c40-30(41)21-18-25-16-19-29(20-17-25)32-36-33-31(37(32)22-26-10-4-1-5-11-26)34(42)39(24-28-14-8-3-9-15-28)35(43)38(33)23-27-12-6-2-7-13-27;9*1-2/h1,4-5,10-11,16-21,27-28H,2-3,6-9,12-15,22-24H2,(H,40,41);9*1-2H2. The summed E-state index contributed by atoms with van der Waals surface area (Å²) in [6.45, 7) is 55.5. The summed E-state index contributed by atoms with van der Waals surface area (Å²) in [6, 6.07) is 17.5. The molecule has 0 spiro atoms. The molecule has 2 aromatic heterocycles. The molecular weight excluding hydrogens is 757 g/mol. The number of aliphatic carboxylic acids is 1. The zero-order valence-corrected chi connectivity index (χ0v) is 37.4. The molecule has 0 amide bonds. The minimum atomic E-state index is -1.01. The van der Waals surface area contributed by atoms with Crippen molar-refractivity contribution < 1.29 is 9.90 Å². The molecule has 0 atom stereocenters. The van der Waals surface area contributed by atoms with E-state index in [9.17, 15) is 14.4 Å². The molecule has 8 nitrogen and oxygen atoms in total. The zero-order valence-electron chi connectivity index (χ0n) is 37.4. The molecule has 2 aromatic carbocycles. The fraction of sp³-hybridized carbons (Fsp3) is 0.283. The number of imidazole rings is 1. The second-order valence-corrected chi connectivity index (χ2v) is 12.3. The van der Waals surface area contributed by atoms with E-state index in [1.807, 2.05) is 59.2 Å². The van der Waals surface area contributed by atoms with Crippen LogP contribution in [0, 0.1) is 11.8 Å².